The predicted octanol–water partition coefficient (Wildman–Crippen LogP) is 3.69. The minimum atomic E-state index is -0.334. The third kappa shape index (κ3) is 6.09. The van der Waals surface area contributed by atoms with Crippen molar-refractivity contribution < 1.29 is 14.3 Å². The van der Waals surface area contributed by atoms with Gasteiger partial charge in [0, 0.05) is 11.6 Å². The van der Waals surface area contributed by atoms with Crippen molar-refractivity contribution in [2.45, 2.75) is 27.2 Å². The van der Waals surface area contributed by atoms with Crippen LogP contribution in [0.25, 0.3) is 6.08 Å². The zero-order valence-electron chi connectivity index (χ0n) is 11.9. The summed E-state index contributed by atoms with van der Waals surface area (Å²) in [7, 11) is 0. The Hall–Kier alpha value is -1.77. The Morgan fingerprint density at radius 2 is 2.05 bits per heavy atom. The largest absolute Gasteiger partial charge is 0.493 e. The monoisotopic (exact) mass is 262 g/mol. The molecule has 1 aromatic rings. The second-order valence-electron chi connectivity index (χ2n) is 4.65. The summed E-state index contributed by atoms with van der Waals surface area (Å²) in [5.74, 6) is 1.07. The highest BCUT2D eigenvalue weighted by Gasteiger charge is 2.02. The summed E-state index contributed by atoms with van der Waals surface area (Å²) < 4.78 is 10.6. The third-order valence-electron chi connectivity index (χ3n) is 2.56. The summed E-state index contributed by atoms with van der Waals surface area (Å²) >= 11 is 0. The fraction of sp³-hybridized carbons (Fsp3) is 0.438. The van der Waals surface area contributed by atoms with Gasteiger partial charge in [-0.15, -0.1) is 0 Å². The van der Waals surface area contributed by atoms with Crippen LogP contribution in [-0.2, 0) is 9.53 Å². The molecule has 0 atom stereocenters. The lowest BCUT2D eigenvalue weighted by Gasteiger charge is -2.10. The molecule has 3 nitrogen and oxygen atoms in total. The molecule has 0 aliphatic heterocycles. The maximum Gasteiger partial charge on any atom is 0.330 e. The van der Waals surface area contributed by atoms with E-state index >= 15 is 0 Å². The number of hydrogen-bond acceptors (Lipinski definition) is 3. The van der Waals surface area contributed by atoms with Crippen molar-refractivity contribution in [3.8, 4) is 5.75 Å². The van der Waals surface area contributed by atoms with Gasteiger partial charge in [0.05, 0.1) is 13.2 Å². The summed E-state index contributed by atoms with van der Waals surface area (Å²) in [4.78, 5) is 11.3. The van der Waals surface area contributed by atoms with E-state index in [0.29, 0.717) is 19.1 Å². The quantitative estimate of drug-likeness (QED) is 0.555. The van der Waals surface area contributed by atoms with Gasteiger partial charge in [0.25, 0.3) is 0 Å². The number of para-hydroxylation sites is 1. The van der Waals surface area contributed by atoms with E-state index in [-0.39, 0.29) is 5.97 Å². The van der Waals surface area contributed by atoms with Crippen LogP contribution in [0, 0.1) is 5.92 Å². The minimum absolute atomic E-state index is 0.334. The van der Waals surface area contributed by atoms with Crippen molar-refractivity contribution in [2.24, 2.45) is 5.92 Å². The van der Waals surface area contributed by atoms with Crippen molar-refractivity contribution >= 4 is 12.0 Å². The molecule has 19 heavy (non-hydrogen) atoms. The van der Waals surface area contributed by atoms with Gasteiger partial charge >= 0.3 is 5.97 Å². The molecule has 1 rings (SSSR count). The van der Waals surface area contributed by atoms with Gasteiger partial charge in [-0.2, -0.15) is 0 Å². The molecule has 0 aromatic heterocycles. The molecule has 1 aromatic carbocycles. The van der Waals surface area contributed by atoms with E-state index in [1.165, 1.54) is 6.08 Å². The Bertz CT molecular complexity index is 422. The number of esters is 1. The molecule has 0 aliphatic carbocycles. The van der Waals surface area contributed by atoms with E-state index in [0.717, 1.165) is 17.7 Å². The lowest BCUT2D eigenvalue weighted by molar-refractivity contribution is -0.137. The van der Waals surface area contributed by atoms with Gasteiger partial charge < -0.3 is 9.47 Å². The molecular weight excluding hydrogens is 240 g/mol. The van der Waals surface area contributed by atoms with Crippen LogP contribution in [0.5, 0.6) is 5.75 Å². The average molecular weight is 262 g/mol. The van der Waals surface area contributed by atoms with E-state index in [1.54, 1.807) is 13.0 Å². The fourth-order valence-corrected chi connectivity index (χ4v) is 1.50. The highest BCUT2D eigenvalue weighted by molar-refractivity contribution is 5.87. The lowest BCUT2D eigenvalue weighted by Crippen LogP contribution is -2.02. The molecule has 0 heterocycles. The van der Waals surface area contributed by atoms with Crippen LogP contribution in [0.2, 0.25) is 0 Å². The first-order chi connectivity index (χ1) is 9.13. The van der Waals surface area contributed by atoms with Crippen molar-refractivity contribution in [3.05, 3.63) is 35.9 Å². The summed E-state index contributed by atoms with van der Waals surface area (Å²) in [6, 6.07) is 7.66. The molecule has 104 valence electrons. The van der Waals surface area contributed by atoms with Crippen LogP contribution < -0.4 is 4.74 Å². The molecule has 0 spiro atoms. The molecule has 0 N–H and O–H groups in total. The van der Waals surface area contributed by atoms with Gasteiger partial charge in [0.2, 0.25) is 0 Å². The molecule has 0 fully saturated rings. The number of hydrogen-bond donors (Lipinski definition) is 0. The Morgan fingerprint density at radius 3 is 2.74 bits per heavy atom. The van der Waals surface area contributed by atoms with Crippen LogP contribution in [0.4, 0.5) is 0 Å². The molecule has 0 radical (unpaired) electrons. The van der Waals surface area contributed by atoms with Gasteiger partial charge in [0.15, 0.2) is 0 Å². The Kier molecular flexibility index (Phi) is 6.72. The van der Waals surface area contributed by atoms with E-state index < -0.39 is 0 Å². The normalized spacial score (nSPS) is 10.9. The van der Waals surface area contributed by atoms with Crippen LogP contribution in [0.15, 0.2) is 30.3 Å². The van der Waals surface area contributed by atoms with Crippen LogP contribution >= 0.6 is 0 Å². The van der Waals surface area contributed by atoms with Crippen molar-refractivity contribution in [1.29, 1.82) is 0 Å². The van der Waals surface area contributed by atoms with E-state index in [4.69, 9.17) is 9.47 Å². The van der Waals surface area contributed by atoms with Crippen LogP contribution in [0.3, 0.4) is 0 Å². The maximum atomic E-state index is 11.3. The van der Waals surface area contributed by atoms with Crippen LogP contribution in [0.1, 0.15) is 32.8 Å². The first-order valence-electron chi connectivity index (χ1n) is 6.70. The van der Waals surface area contributed by atoms with Gasteiger partial charge in [-0.05, 0) is 31.4 Å². The molecule has 0 saturated carbocycles. The summed E-state index contributed by atoms with van der Waals surface area (Å²) in [6.45, 7) is 7.18. The predicted molar refractivity (Wildman–Crippen MR) is 77.1 cm³/mol. The zero-order valence-corrected chi connectivity index (χ0v) is 11.9. The standard InChI is InChI=1S/C16H22O3/c1-4-18-16(17)10-9-14-7-5-6-8-15(14)19-12-11-13(2)3/h5-10,13H,4,11-12H2,1-3H3. The van der Waals surface area contributed by atoms with Crippen LogP contribution in [-0.4, -0.2) is 19.2 Å². The number of rotatable bonds is 7. The number of ether oxygens (including phenoxy) is 2. The molecule has 0 bridgehead atoms. The van der Waals surface area contributed by atoms with Crippen molar-refractivity contribution in [2.75, 3.05) is 13.2 Å². The van der Waals surface area contributed by atoms with Gasteiger partial charge in [0.1, 0.15) is 5.75 Å². The fourth-order valence-electron chi connectivity index (χ4n) is 1.50. The highest BCUT2D eigenvalue weighted by atomic mass is 16.5. The number of benzene rings is 1. The van der Waals surface area contributed by atoms with Gasteiger partial charge in [-0.1, -0.05) is 32.0 Å². The number of carbonyl (C=O) groups excluding carboxylic acids is 1. The summed E-state index contributed by atoms with van der Waals surface area (Å²) in [5.41, 5.74) is 0.888. The molecule has 0 saturated heterocycles. The Labute approximate surface area is 115 Å². The van der Waals surface area contributed by atoms with Crippen molar-refractivity contribution in [1.82, 2.24) is 0 Å². The zero-order chi connectivity index (χ0) is 14.1. The minimum Gasteiger partial charge on any atom is -0.493 e. The van der Waals surface area contributed by atoms with Gasteiger partial charge in [-0.3, -0.25) is 0 Å². The Balaban J connectivity index is 2.64. The average Bonchev–Trinajstić information content (AvgIpc) is 2.37. The first kappa shape index (κ1) is 15.3. The molecule has 0 unspecified atom stereocenters. The molecule has 3 heteroatoms. The SMILES string of the molecule is CCOC(=O)C=Cc1ccccc1OCCC(C)C. The summed E-state index contributed by atoms with van der Waals surface area (Å²) in [5, 5.41) is 0. The van der Waals surface area contributed by atoms with E-state index in [1.807, 2.05) is 24.3 Å². The van der Waals surface area contributed by atoms with Crippen molar-refractivity contribution in [3.63, 3.8) is 0 Å². The smallest absolute Gasteiger partial charge is 0.330 e. The molecule has 0 amide bonds. The lowest BCUT2D eigenvalue weighted by atomic mass is 10.1. The van der Waals surface area contributed by atoms with E-state index in [9.17, 15) is 4.79 Å². The maximum absolute atomic E-state index is 11.3. The molecular formula is C16H22O3. The highest BCUT2D eigenvalue weighted by Crippen LogP contribution is 2.20. The second-order valence-corrected chi connectivity index (χ2v) is 4.65. The second kappa shape index (κ2) is 8.35. The third-order valence-corrected chi connectivity index (χ3v) is 2.56. The van der Waals surface area contributed by atoms with E-state index in [2.05, 4.69) is 13.8 Å². The Morgan fingerprint density at radius 1 is 1.32 bits per heavy atom. The first-order valence-corrected chi connectivity index (χ1v) is 6.70. The topological polar surface area (TPSA) is 35.5 Å². The summed E-state index contributed by atoms with van der Waals surface area (Å²) in [6.07, 6.45) is 4.16. The van der Waals surface area contributed by atoms with Gasteiger partial charge in [-0.25, -0.2) is 4.79 Å². The number of carbonyl (C=O) groups is 1. The molecule has 0 aliphatic rings.